The number of urea groups is 1. The van der Waals surface area contributed by atoms with Crippen molar-refractivity contribution >= 4 is 23.2 Å². The molecule has 0 radical (unpaired) electrons. The number of carbonyl (C=O) groups excluding carboxylic acids is 1. The number of hydrogen-bond acceptors (Lipinski definition) is 4. The number of hydrogen-bond donors (Lipinski definition) is 1. The van der Waals surface area contributed by atoms with E-state index in [0.717, 1.165) is 23.6 Å². The molecule has 2 aromatic rings. The molecule has 1 aromatic carbocycles. The van der Waals surface area contributed by atoms with Gasteiger partial charge >= 0.3 is 6.03 Å². The summed E-state index contributed by atoms with van der Waals surface area (Å²) in [6, 6.07) is 9.26. The van der Waals surface area contributed by atoms with Crippen LogP contribution in [0.2, 0.25) is 0 Å². The van der Waals surface area contributed by atoms with Gasteiger partial charge < -0.3 is 15.0 Å². The Morgan fingerprint density at radius 1 is 1.30 bits per heavy atom. The normalized spacial score (nSPS) is 13.5. The van der Waals surface area contributed by atoms with Crippen molar-refractivity contribution in [3.05, 3.63) is 42.1 Å². The summed E-state index contributed by atoms with van der Waals surface area (Å²) < 4.78 is 5.32. The summed E-state index contributed by atoms with van der Waals surface area (Å²) in [7, 11) is 3.57. The highest BCUT2D eigenvalue weighted by atomic mass is 16.5. The molecule has 2 heterocycles. The molecule has 0 atom stereocenters. The summed E-state index contributed by atoms with van der Waals surface area (Å²) in [6.07, 6.45) is 1.74. The van der Waals surface area contributed by atoms with Crippen molar-refractivity contribution in [3.8, 4) is 5.75 Å². The lowest BCUT2D eigenvalue weighted by atomic mass is 10.2. The summed E-state index contributed by atoms with van der Waals surface area (Å²) in [4.78, 5) is 20.9. The third-order valence-electron chi connectivity index (χ3n) is 3.92. The first-order valence-corrected chi connectivity index (χ1v) is 7.49. The molecule has 0 fully saturated rings. The number of amides is 2. The fourth-order valence-corrected chi connectivity index (χ4v) is 2.68. The van der Waals surface area contributed by atoms with Crippen molar-refractivity contribution in [1.29, 1.82) is 0 Å². The Labute approximate surface area is 135 Å². The van der Waals surface area contributed by atoms with Gasteiger partial charge in [0.15, 0.2) is 5.82 Å². The fraction of sp³-hybridized carbons (Fsp3) is 0.294. The second kappa shape index (κ2) is 6.16. The van der Waals surface area contributed by atoms with Crippen LogP contribution < -0.4 is 19.9 Å². The van der Waals surface area contributed by atoms with Gasteiger partial charge in [-0.05, 0) is 36.8 Å². The molecule has 1 aliphatic rings. The first kappa shape index (κ1) is 15.1. The van der Waals surface area contributed by atoms with Crippen LogP contribution in [0.15, 0.2) is 36.5 Å². The fourth-order valence-electron chi connectivity index (χ4n) is 2.68. The van der Waals surface area contributed by atoms with Gasteiger partial charge in [-0.2, -0.15) is 0 Å². The molecule has 1 N–H and O–H groups in total. The van der Waals surface area contributed by atoms with E-state index in [1.165, 1.54) is 0 Å². The molecule has 120 valence electrons. The van der Waals surface area contributed by atoms with Gasteiger partial charge in [0.25, 0.3) is 0 Å². The summed E-state index contributed by atoms with van der Waals surface area (Å²) in [5, 5.41) is 2.94. The minimum absolute atomic E-state index is 0.184. The van der Waals surface area contributed by atoms with E-state index in [-0.39, 0.29) is 6.03 Å². The largest absolute Gasteiger partial charge is 0.495 e. The summed E-state index contributed by atoms with van der Waals surface area (Å²) in [6.45, 7) is 3.32. The number of aryl methyl sites for hydroxylation is 1. The predicted molar refractivity (Wildman–Crippen MR) is 91.6 cm³/mol. The maximum absolute atomic E-state index is 12.7. The van der Waals surface area contributed by atoms with Gasteiger partial charge in [-0.3, -0.25) is 4.90 Å². The molecular weight excluding hydrogens is 292 g/mol. The van der Waals surface area contributed by atoms with Crippen molar-refractivity contribution in [2.75, 3.05) is 42.4 Å². The number of benzene rings is 1. The lowest BCUT2D eigenvalue weighted by Crippen LogP contribution is -2.45. The molecule has 0 saturated carbocycles. The molecule has 0 spiro atoms. The SMILES string of the molecule is COc1ccc(C)cc1NC(=O)N1CCN(C)c2ncccc21. The minimum atomic E-state index is -0.184. The first-order valence-electron chi connectivity index (χ1n) is 7.49. The second-order valence-electron chi connectivity index (χ2n) is 5.55. The number of rotatable bonds is 2. The van der Waals surface area contributed by atoms with Crippen LogP contribution in [-0.2, 0) is 0 Å². The molecule has 0 saturated heterocycles. The number of fused-ring (bicyclic) bond motifs is 1. The van der Waals surface area contributed by atoms with Crippen molar-refractivity contribution in [2.45, 2.75) is 6.92 Å². The van der Waals surface area contributed by atoms with E-state index in [4.69, 9.17) is 4.74 Å². The third kappa shape index (κ3) is 2.92. The molecule has 2 amide bonds. The maximum atomic E-state index is 12.7. The zero-order valence-electron chi connectivity index (χ0n) is 13.5. The Kier molecular flexibility index (Phi) is 4.06. The molecular formula is C17H20N4O2. The molecule has 0 unspecified atom stereocenters. The van der Waals surface area contributed by atoms with Crippen LogP contribution in [0.4, 0.5) is 22.0 Å². The first-order chi connectivity index (χ1) is 11.1. The molecule has 3 rings (SSSR count). The quantitative estimate of drug-likeness (QED) is 0.926. The van der Waals surface area contributed by atoms with E-state index in [9.17, 15) is 4.79 Å². The van der Waals surface area contributed by atoms with Crippen LogP contribution in [0.3, 0.4) is 0 Å². The number of nitrogens with one attached hydrogen (secondary N) is 1. The summed E-state index contributed by atoms with van der Waals surface area (Å²) in [5.74, 6) is 1.45. The average Bonchev–Trinajstić information content (AvgIpc) is 2.55. The molecule has 0 bridgehead atoms. The number of carbonyl (C=O) groups is 1. The summed E-state index contributed by atoms with van der Waals surface area (Å²) in [5.41, 5.74) is 2.54. The highest BCUT2D eigenvalue weighted by Gasteiger charge is 2.26. The predicted octanol–water partition coefficient (Wildman–Crippen LogP) is 2.89. The zero-order valence-corrected chi connectivity index (χ0v) is 13.5. The number of methoxy groups -OCH3 is 1. The van der Waals surface area contributed by atoms with Crippen molar-refractivity contribution in [2.24, 2.45) is 0 Å². The lowest BCUT2D eigenvalue weighted by Gasteiger charge is -2.34. The van der Waals surface area contributed by atoms with Crippen LogP contribution in [0.1, 0.15) is 5.56 Å². The van der Waals surface area contributed by atoms with E-state index < -0.39 is 0 Å². The molecule has 1 aromatic heterocycles. The van der Waals surface area contributed by atoms with E-state index in [0.29, 0.717) is 18.0 Å². The Bertz CT molecular complexity index is 732. The number of nitrogens with zero attached hydrogens (tertiary/aromatic N) is 3. The highest BCUT2D eigenvalue weighted by molar-refractivity contribution is 6.04. The Balaban J connectivity index is 1.88. The van der Waals surface area contributed by atoms with Crippen LogP contribution in [0.25, 0.3) is 0 Å². The molecule has 6 heteroatoms. The van der Waals surface area contributed by atoms with Gasteiger partial charge in [-0.25, -0.2) is 9.78 Å². The van der Waals surface area contributed by atoms with Crippen molar-refractivity contribution < 1.29 is 9.53 Å². The van der Waals surface area contributed by atoms with Gasteiger partial charge in [-0.15, -0.1) is 0 Å². The Hall–Kier alpha value is -2.76. The average molecular weight is 312 g/mol. The zero-order chi connectivity index (χ0) is 16.4. The number of likely N-dealkylation sites (N-methyl/N-ethyl adjacent to an activating group) is 1. The van der Waals surface area contributed by atoms with Gasteiger partial charge in [0.05, 0.1) is 18.5 Å². The van der Waals surface area contributed by atoms with Gasteiger partial charge in [-0.1, -0.05) is 6.07 Å². The van der Waals surface area contributed by atoms with E-state index >= 15 is 0 Å². The number of pyridine rings is 1. The topological polar surface area (TPSA) is 57.7 Å². The van der Waals surface area contributed by atoms with Gasteiger partial charge in [0.2, 0.25) is 0 Å². The van der Waals surface area contributed by atoms with Crippen LogP contribution >= 0.6 is 0 Å². The Morgan fingerprint density at radius 3 is 2.91 bits per heavy atom. The maximum Gasteiger partial charge on any atom is 0.326 e. The monoisotopic (exact) mass is 312 g/mol. The highest BCUT2D eigenvalue weighted by Crippen LogP contribution is 2.31. The van der Waals surface area contributed by atoms with Crippen LogP contribution in [0, 0.1) is 6.92 Å². The molecule has 6 nitrogen and oxygen atoms in total. The van der Waals surface area contributed by atoms with Crippen molar-refractivity contribution in [1.82, 2.24) is 4.98 Å². The number of ether oxygens (including phenoxy) is 1. The van der Waals surface area contributed by atoms with Gasteiger partial charge in [0, 0.05) is 26.3 Å². The number of anilines is 3. The summed E-state index contributed by atoms with van der Waals surface area (Å²) >= 11 is 0. The minimum Gasteiger partial charge on any atom is -0.495 e. The van der Waals surface area contributed by atoms with Crippen LogP contribution in [-0.4, -0.2) is 38.3 Å². The van der Waals surface area contributed by atoms with Crippen LogP contribution in [0.5, 0.6) is 5.75 Å². The third-order valence-corrected chi connectivity index (χ3v) is 3.92. The number of aromatic nitrogens is 1. The molecule has 23 heavy (non-hydrogen) atoms. The van der Waals surface area contributed by atoms with E-state index in [1.807, 2.05) is 49.2 Å². The molecule has 1 aliphatic heterocycles. The molecule has 0 aliphatic carbocycles. The second-order valence-corrected chi connectivity index (χ2v) is 5.55. The van der Waals surface area contributed by atoms with E-state index in [2.05, 4.69) is 10.3 Å². The standard InChI is InChI=1S/C17H20N4O2/c1-12-6-7-15(23-3)13(11-12)19-17(22)21-10-9-20(2)16-14(21)5-4-8-18-16/h4-8,11H,9-10H2,1-3H3,(H,19,22). The Morgan fingerprint density at radius 2 is 2.13 bits per heavy atom. The smallest absolute Gasteiger partial charge is 0.326 e. The van der Waals surface area contributed by atoms with Gasteiger partial charge in [0.1, 0.15) is 5.75 Å². The van der Waals surface area contributed by atoms with E-state index in [1.54, 1.807) is 18.2 Å². The lowest BCUT2D eigenvalue weighted by molar-refractivity contribution is 0.256. The van der Waals surface area contributed by atoms with Crippen molar-refractivity contribution in [3.63, 3.8) is 0 Å².